The standard InChI is InChI=1S/C33H42F3N7OS/c1-23(2)16-28(30(44)17-27-19-39-22-42(27)20-25-12-10-24(18-37)11-13-25)31(38)43(32(45)40-14-7-15-41(3)4)21-26-8-5-6-9-29(26)33(34,35)36/h5-6,8-13,19,22-23,28,31H,7,14-17,20-21,38H2,1-4H3,(H,40,45)/t28-,31?/m1/s1. The number of halogens is 3. The molecular weight excluding hydrogens is 599 g/mol. The second-order valence-corrected chi connectivity index (χ2v) is 12.2. The Hall–Kier alpha value is -3.79. The quantitative estimate of drug-likeness (QED) is 0.133. The van der Waals surface area contributed by atoms with Crippen LogP contribution in [0.1, 0.15) is 54.6 Å². The van der Waals surface area contributed by atoms with Crippen LogP contribution in [0, 0.1) is 23.2 Å². The smallest absolute Gasteiger partial charge is 0.362 e. The summed E-state index contributed by atoms with van der Waals surface area (Å²) in [6.45, 7) is 5.49. The monoisotopic (exact) mass is 641 g/mol. The second kappa shape index (κ2) is 16.5. The molecule has 0 aliphatic carbocycles. The van der Waals surface area contributed by atoms with E-state index in [2.05, 4.69) is 16.4 Å². The minimum Gasteiger partial charge on any atom is -0.362 e. The molecule has 0 amide bonds. The summed E-state index contributed by atoms with van der Waals surface area (Å²) in [6, 6.07) is 14.6. The van der Waals surface area contributed by atoms with Gasteiger partial charge in [0.25, 0.3) is 0 Å². The van der Waals surface area contributed by atoms with Crippen LogP contribution in [0.2, 0.25) is 0 Å². The van der Waals surface area contributed by atoms with Crippen LogP contribution in [-0.4, -0.2) is 63.6 Å². The number of carbonyl (C=O) groups excluding carboxylic acids is 1. The number of imidazole rings is 1. The Morgan fingerprint density at radius 2 is 1.84 bits per heavy atom. The summed E-state index contributed by atoms with van der Waals surface area (Å²) in [7, 11) is 3.90. The Morgan fingerprint density at radius 3 is 2.47 bits per heavy atom. The van der Waals surface area contributed by atoms with Gasteiger partial charge >= 0.3 is 6.18 Å². The lowest BCUT2D eigenvalue weighted by Gasteiger charge is -2.37. The first kappa shape index (κ1) is 35.7. The molecule has 1 aromatic heterocycles. The molecule has 3 N–H and O–H groups in total. The van der Waals surface area contributed by atoms with Crippen molar-refractivity contribution >= 4 is 23.1 Å². The number of nitrogens with one attached hydrogen (secondary N) is 1. The molecule has 1 unspecified atom stereocenters. The predicted molar refractivity (Wildman–Crippen MR) is 173 cm³/mol. The van der Waals surface area contributed by atoms with Gasteiger partial charge in [-0.2, -0.15) is 18.4 Å². The molecule has 2 atom stereocenters. The van der Waals surface area contributed by atoms with Crippen LogP contribution in [0.4, 0.5) is 13.2 Å². The van der Waals surface area contributed by atoms with Gasteiger partial charge < -0.3 is 25.4 Å². The van der Waals surface area contributed by atoms with Crippen LogP contribution < -0.4 is 11.1 Å². The van der Waals surface area contributed by atoms with E-state index in [0.717, 1.165) is 24.6 Å². The molecule has 0 radical (unpaired) electrons. The number of carbonyl (C=O) groups is 1. The van der Waals surface area contributed by atoms with Crippen molar-refractivity contribution in [3.8, 4) is 6.07 Å². The lowest BCUT2D eigenvalue weighted by atomic mass is 9.88. The number of nitrogens with two attached hydrogens (primary N) is 1. The number of nitrogens with zero attached hydrogens (tertiary/aromatic N) is 5. The predicted octanol–water partition coefficient (Wildman–Crippen LogP) is 5.21. The van der Waals surface area contributed by atoms with Crippen LogP contribution in [-0.2, 0) is 30.5 Å². The highest BCUT2D eigenvalue weighted by Crippen LogP contribution is 2.33. The number of hydrogen-bond acceptors (Lipinski definition) is 6. The molecule has 1 heterocycles. The van der Waals surface area contributed by atoms with E-state index in [-0.39, 0.29) is 35.3 Å². The normalized spacial score (nSPS) is 13.0. The van der Waals surface area contributed by atoms with Gasteiger partial charge in [0.1, 0.15) is 5.78 Å². The van der Waals surface area contributed by atoms with Crippen molar-refractivity contribution in [3.05, 3.63) is 89.0 Å². The van der Waals surface area contributed by atoms with Gasteiger partial charge in [0.15, 0.2) is 5.11 Å². The van der Waals surface area contributed by atoms with E-state index in [4.69, 9.17) is 23.2 Å². The van der Waals surface area contributed by atoms with Crippen molar-refractivity contribution in [2.24, 2.45) is 17.6 Å². The zero-order valence-corrected chi connectivity index (χ0v) is 27.0. The van der Waals surface area contributed by atoms with Gasteiger partial charge in [-0.1, -0.05) is 44.2 Å². The van der Waals surface area contributed by atoms with E-state index in [1.54, 1.807) is 30.7 Å². The molecule has 45 heavy (non-hydrogen) atoms. The molecule has 0 bridgehead atoms. The van der Waals surface area contributed by atoms with Crippen molar-refractivity contribution in [2.45, 2.75) is 58.5 Å². The average Bonchev–Trinajstić information content (AvgIpc) is 3.42. The maximum atomic E-state index is 14.0. The third-order valence-corrected chi connectivity index (χ3v) is 7.86. The first-order chi connectivity index (χ1) is 21.3. The Kier molecular flexibility index (Phi) is 13.1. The molecule has 242 valence electrons. The first-order valence-corrected chi connectivity index (χ1v) is 15.3. The maximum absolute atomic E-state index is 14.0. The molecule has 8 nitrogen and oxygen atoms in total. The third kappa shape index (κ3) is 10.7. The molecule has 0 saturated heterocycles. The number of hydrogen-bond donors (Lipinski definition) is 2. The highest BCUT2D eigenvalue weighted by molar-refractivity contribution is 7.80. The fourth-order valence-electron chi connectivity index (χ4n) is 5.14. The molecule has 0 fully saturated rings. The van der Waals surface area contributed by atoms with Gasteiger partial charge in [0, 0.05) is 37.9 Å². The Bertz CT molecular complexity index is 1450. The number of nitriles is 1. The van der Waals surface area contributed by atoms with Gasteiger partial charge in [-0.15, -0.1) is 0 Å². The zero-order chi connectivity index (χ0) is 33.1. The minimum atomic E-state index is -4.56. The molecule has 2 aromatic carbocycles. The number of thiocarbonyl (C=S) groups is 1. The summed E-state index contributed by atoms with van der Waals surface area (Å²) in [6.07, 6.45) is -1.05. The van der Waals surface area contributed by atoms with Gasteiger partial charge in [-0.05, 0) is 80.9 Å². The largest absolute Gasteiger partial charge is 0.416 e. The molecule has 3 rings (SSSR count). The second-order valence-electron chi connectivity index (χ2n) is 11.9. The number of ketones is 1. The highest BCUT2D eigenvalue weighted by Gasteiger charge is 2.36. The maximum Gasteiger partial charge on any atom is 0.416 e. The number of Topliss-reactive ketones (excluding diaryl/α,β-unsaturated/α-hetero) is 1. The van der Waals surface area contributed by atoms with Crippen LogP contribution in [0.5, 0.6) is 0 Å². The number of aromatic nitrogens is 2. The lowest BCUT2D eigenvalue weighted by Crippen LogP contribution is -2.55. The van der Waals surface area contributed by atoms with Crippen molar-refractivity contribution in [2.75, 3.05) is 27.2 Å². The summed E-state index contributed by atoms with van der Waals surface area (Å²) in [4.78, 5) is 21.8. The fraction of sp³-hybridized carbons (Fsp3) is 0.455. The summed E-state index contributed by atoms with van der Waals surface area (Å²) in [5.74, 6) is -0.787. The Balaban J connectivity index is 1.89. The summed E-state index contributed by atoms with van der Waals surface area (Å²) < 4.78 is 43.7. The number of alkyl halides is 3. The van der Waals surface area contributed by atoms with Crippen LogP contribution in [0.3, 0.4) is 0 Å². The van der Waals surface area contributed by atoms with Crippen molar-refractivity contribution in [3.63, 3.8) is 0 Å². The lowest BCUT2D eigenvalue weighted by molar-refractivity contribution is -0.138. The third-order valence-electron chi connectivity index (χ3n) is 7.48. The number of benzene rings is 2. The molecule has 3 aromatic rings. The van der Waals surface area contributed by atoms with E-state index in [1.807, 2.05) is 49.5 Å². The van der Waals surface area contributed by atoms with E-state index in [0.29, 0.717) is 30.8 Å². The fourth-order valence-corrected chi connectivity index (χ4v) is 5.43. The van der Waals surface area contributed by atoms with E-state index in [9.17, 15) is 18.0 Å². The first-order valence-electron chi connectivity index (χ1n) is 14.9. The van der Waals surface area contributed by atoms with Gasteiger partial charge in [0.2, 0.25) is 0 Å². The number of rotatable bonds is 15. The molecular formula is C33H42F3N7OS. The topological polar surface area (TPSA) is 103 Å². The zero-order valence-electron chi connectivity index (χ0n) is 26.2. The van der Waals surface area contributed by atoms with Crippen molar-refractivity contribution in [1.82, 2.24) is 24.7 Å². The van der Waals surface area contributed by atoms with E-state index < -0.39 is 23.8 Å². The minimum absolute atomic E-state index is 0.0223. The summed E-state index contributed by atoms with van der Waals surface area (Å²) in [5.41, 5.74) is 8.26. The highest BCUT2D eigenvalue weighted by atomic mass is 32.1. The van der Waals surface area contributed by atoms with Gasteiger partial charge in [-0.25, -0.2) is 4.98 Å². The molecule has 0 aliphatic rings. The summed E-state index contributed by atoms with van der Waals surface area (Å²) >= 11 is 5.71. The van der Waals surface area contributed by atoms with E-state index >= 15 is 0 Å². The van der Waals surface area contributed by atoms with Crippen LogP contribution in [0.15, 0.2) is 61.1 Å². The average molecular weight is 642 g/mol. The molecule has 0 aliphatic heterocycles. The van der Waals surface area contributed by atoms with Gasteiger partial charge in [0.05, 0.1) is 35.6 Å². The molecule has 12 heteroatoms. The molecule has 0 spiro atoms. The van der Waals surface area contributed by atoms with Crippen LogP contribution in [0.25, 0.3) is 0 Å². The summed E-state index contributed by atoms with van der Waals surface area (Å²) in [5, 5.41) is 12.4. The van der Waals surface area contributed by atoms with E-state index in [1.165, 1.54) is 17.0 Å². The SMILES string of the molecule is CC(C)C[C@H](C(=O)Cc1cncn1Cc1ccc(C#N)cc1)C(N)N(Cc1ccccc1C(F)(F)F)C(=S)NCCCN(C)C. The Labute approximate surface area is 269 Å². The van der Waals surface area contributed by atoms with Crippen LogP contribution >= 0.6 is 12.2 Å². The van der Waals surface area contributed by atoms with Gasteiger partial charge in [-0.3, -0.25) is 4.79 Å². The van der Waals surface area contributed by atoms with Crippen molar-refractivity contribution < 1.29 is 18.0 Å². The Morgan fingerprint density at radius 1 is 1.16 bits per heavy atom. The molecule has 0 saturated carbocycles. The van der Waals surface area contributed by atoms with Crippen molar-refractivity contribution in [1.29, 1.82) is 5.26 Å².